The zero-order valence-corrected chi connectivity index (χ0v) is 17.4. The molecule has 0 saturated heterocycles. The molecule has 1 fully saturated rings. The highest BCUT2D eigenvalue weighted by atomic mass is 32.2. The summed E-state index contributed by atoms with van der Waals surface area (Å²) in [7, 11) is -1.90. The Morgan fingerprint density at radius 1 is 1.23 bits per heavy atom. The number of carbonyl (C=O) groups excluding carboxylic acids is 1. The summed E-state index contributed by atoms with van der Waals surface area (Å²) in [5, 5.41) is 3.28. The minimum Gasteiger partial charge on any atom is -0.455 e. The fraction of sp³-hybridized carbons (Fsp3) is 0.318. The van der Waals surface area contributed by atoms with Gasteiger partial charge >= 0.3 is 0 Å². The van der Waals surface area contributed by atoms with Gasteiger partial charge in [0.25, 0.3) is 5.91 Å². The topological polar surface area (TPSA) is 79.6 Å². The number of halogens is 1. The van der Waals surface area contributed by atoms with Crippen molar-refractivity contribution in [3.8, 4) is 11.3 Å². The second-order valence-electron chi connectivity index (χ2n) is 8.03. The van der Waals surface area contributed by atoms with E-state index in [4.69, 9.17) is 4.42 Å². The molecule has 1 amide bonds. The molecule has 0 bridgehead atoms. The third kappa shape index (κ3) is 2.98. The van der Waals surface area contributed by atoms with Gasteiger partial charge in [0.05, 0.1) is 17.5 Å². The van der Waals surface area contributed by atoms with Crippen LogP contribution in [0.3, 0.4) is 0 Å². The second-order valence-corrected chi connectivity index (χ2v) is 9.93. The Bertz CT molecular complexity index is 1280. The van der Waals surface area contributed by atoms with Gasteiger partial charge in [0.1, 0.15) is 17.2 Å². The number of rotatable bonds is 3. The molecule has 1 aliphatic heterocycles. The number of fused-ring (bicyclic) bond motifs is 4. The van der Waals surface area contributed by atoms with Gasteiger partial charge in [-0.25, -0.2) is 12.8 Å². The molecule has 0 spiro atoms. The van der Waals surface area contributed by atoms with Gasteiger partial charge in [-0.2, -0.15) is 0 Å². The van der Waals surface area contributed by atoms with Gasteiger partial charge in [-0.1, -0.05) is 0 Å². The van der Waals surface area contributed by atoms with Crippen molar-refractivity contribution >= 4 is 32.6 Å². The zero-order chi connectivity index (χ0) is 21.2. The lowest BCUT2D eigenvalue weighted by Gasteiger charge is -2.23. The number of nitrogens with one attached hydrogen (secondary N) is 1. The SMILES string of the molecule is CNC(=O)c1c(-c2ccc(F)cc2)oc2cc3c(cc12)[C@H]1C[C@H]1CCN3S(C)(=O)=O. The molecule has 6 nitrogen and oxygen atoms in total. The van der Waals surface area contributed by atoms with Crippen LogP contribution in [0.25, 0.3) is 22.3 Å². The number of anilines is 1. The summed E-state index contributed by atoms with van der Waals surface area (Å²) in [4.78, 5) is 12.7. The van der Waals surface area contributed by atoms with E-state index in [1.54, 1.807) is 25.2 Å². The predicted molar refractivity (Wildman–Crippen MR) is 113 cm³/mol. The molecule has 5 rings (SSSR count). The van der Waals surface area contributed by atoms with Crippen molar-refractivity contribution in [1.82, 2.24) is 5.32 Å². The van der Waals surface area contributed by atoms with Crippen LogP contribution in [-0.4, -0.2) is 34.2 Å². The number of amides is 1. The Morgan fingerprint density at radius 3 is 2.63 bits per heavy atom. The van der Waals surface area contributed by atoms with E-state index in [9.17, 15) is 17.6 Å². The van der Waals surface area contributed by atoms with Crippen molar-refractivity contribution in [2.45, 2.75) is 18.8 Å². The molecule has 2 heterocycles. The summed E-state index contributed by atoms with van der Waals surface area (Å²) < 4.78 is 45.8. The molecule has 2 aliphatic rings. The molecule has 2 aromatic carbocycles. The molecule has 2 atom stereocenters. The Hall–Kier alpha value is -2.87. The second kappa shape index (κ2) is 6.57. The van der Waals surface area contributed by atoms with Crippen LogP contribution in [0.4, 0.5) is 10.1 Å². The van der Waals surface area contributed by atoms with Gasteiger partial charge in [0.15, 0.2) is 0 Å². The molecule has 156 valence electrons. The summed E-state index contributed by atoms with van der Waals surface area (Å²) in [5.41, 5.74) is 2.93. The third-order valence-corrected chi connectivity index (χ3v) is 7.27. The Kier molecular flexibility index (Phi) is 4.18. The first-order valence-corrected chi connectivity index (χ1v) is 11.7. The molecule has 30 heavy (non-hydrogen) atoms. The molecule has 0 radical (unpaired) electrons. The molecule has 1 aromatic heterocycles. The van der Waals surface area contributed by atoms with Crippen LogP contribution < -0.4 is 9.62 Å². The standard InChI is InChI=1S/C22H21FN2O4S/c1-24-22(26)20-17-10-16-15-9-13(15)7-8-25(30(2,27)28)18(16)11-19(17)29-21(20)12-3-5-14(23)6-4-12/h3-6,10-11,13,15H,7-9H2,1-2H3,(H,24,26)/t13-,15+/m1/s1. The van der Waals surface area contributed by atoms with Crippen LogP contribution in [0, 0.1) is 11.7 Å². The van der Waals surface area contributed by atoms with E-state index in [2.05, 4.69) is 5.32 Å². The quantitative estimate of drug-likeness (QED) is 0.687. The normalized spacial score (nSPS) is 20.4. The van der Waals surface area contributed by atoms with Crippen molar-refractivity contribution in [2.75, 3.05) is 24.2 Å². The van der Waals surface area contributed by atoms with Crippen LogP contribution >= 0.6 is 0 Å². The van der Waals surface area contributed by atoms with E-state index < -0.39 is 10.0 Å². The minimum absolute atomic E-state index is 0.290. The fourth-order valence-corrected chi connectivity index (χ4v) is 5.46. The van der Waals surface area contributed by atoms with Gasteiger partial charge in [-0.05, 0) is 60.6 Å². The summed E-state index contributed by atoms with van der Waals surface area (Å²) in [6.07, 6.45) is 3.05. The van der Waals surface area contributed by atoms with E-state index in [0.29, 0.717) is 46.0 Å². The third-order valence-electron chi connectivity index (χ3n) is 6.09. The number of sulfonamides is 1. The minimum atomic E-state index is -3.44. The first kappa shape index (κ1) is 19.1. The first-order chi connectivity index (χ1) is 14.3. The monoisotopic (exact) mass is 428 g/mol. The van der Waals surface area contributed by atoms with Crippen LogP contribution in [0.1, 0.15) is 34.7 Å². The molecular formula is C22H21FN2O4S. The maximum absolute atomic E-state index is 13.4. The number of carbonyl (C=O) groups is 1. The van der Waals surface area contributed by atoms with Gasteiger partial charge in [-0.15, -0.1) is 0 Å². The first-order valence-electron chi connectivity index (χ1n) is 9.84. The fourth-order valence-electron chi connectivity index (χ4n) is 4.51. The van der Waals surface area contributed by atoms with E-state index in [0.717, 1.165) is 18.4 Å². The van der Waals surface area contributed by atoms with Gasteiger partial charge < -0.3 is 9.73 Å². The van der Waals surface area contributed by atoms with E-state index in [-0.39, 0.29) is 17.6 Å². The molecule has 1 N–H and O–H groups in total. The van der Waals surface area contributed by atoms with Crippen molar-refractivity contribution in [3.63, 3.8) is 0 Å². The summed E-state index contributed by atoms with van der Waals surface area (Å²) in [6.45, 7) is 0.437. The average Bonchev–Trinajstić information content (AvgIpc) is 3.39. The number of hydrogen-bond donors (Lipinski definition) is 1. The summed E-state index contributed by atoms with van der Waals surface area (Å²) in [6, 6.07) is 9.37. The lowest BCUT2D eigenvalue weighted by atomic mass is 10.00. The lowest BCUT2D eigenvalue weighted by molar-refractivity contribution is 0.0964. The lowest BCUT2D eigenvalue weighted by Crippen LogP contribution is -2.31. The molecule has 8 heteroatoms. The zero-order valence-electron chi connectivity index (χ0n) is 16.6. The highest BCUT2D eigenvalue weighted by Gasteiger charge is 2.44. The predicted octanol–water partition coefficient (Wildman–Crippen LogP) is 3.87. The molecule has 1 saturated carbocycles. The molecule has 1 aliphatic carbocycles. The Morgan fingerprint density at radius 2 is 1.97 bits per heavy atom. The highest BCUT2D eigenvalue weighted by molar-refractivity contribution is 7.92. The number of benzene rings is 2. The maximum atomic E-state index is 13.4. The number of hydrogen-bond acceptors (Lipinski definition) is 4. The Labute approximate surface area is 173 Å². The van der Waals surface area contributed by atoms with Crippen molar-refractivity contribution < 1.29 is 22.0 Å². The van der Waals surface area contributed by atoms with Crippen LogP contribution in [0.2, 0.25) is 0 Å². The largest absolute Gasteiger partial charge is 0.455 e. The number of nitrogens with zero attached hydrogens (tertiary/aromatic N) is 1. The molecule has 3 aromatic rings. The van der Waals surface area contributed by atoms with Crippen molar-refractivity contribution in [1.29, 1.82) is 0 Å². The highest BCUT2D eigenvalue weighted by Crippen LogP contribution is 2.56. The van der Waals surface area contributed by atoms with E-state index >= 15 is 0 Å². The summed E-state index contributed by atoms with van der Waals surface area (Å²) in [5.74, 6) is 0.390. The average molecular weight is 428 g/mol. The van der Waals surface area contributed by atoms with Gasteiger partial charge in [0, 0.05) is 30.6 Å². The van der Waals surface area contributed by atoms with E-state index in [1.165, 1.54) is 22.7 Å². The van der Waals surface area contributed by atoms with Crippen LogP contribution in [0.15, 0.2) is 40.8 Å². The van der Waals surface area contributed by atoms with Crippen LogP contribution in [0.5, 0.6) is 0 Å². The van der Waals surface area contributed by atoms with Crippen molar-refractivity contribution in [2.24, 2.45) is 5.92 Å². The smallest absolute Gasteiger partial charge is 0.255 e. The van der Waals surface area contributed by atoms with Crippen molar-refractivity contribution in [3.05, 3.63) is 53.3 Å². The van der Waals surface area contributed by atoms with E-state index in [1.807, 2.05) is 6.07 Å². The van der Waals surface area contributed by atoms with Gasteiger partial charge in [0.2, 0.25) is 10.0 Å². The maximum Gasteiger partial charge on any atom is 0.255 e. The molecular weight excluding hydrogens is 407 g/mol. The summed E-state index contributed by atoms with van der Waals surface area (Å²) >= 11 is 0. The van der Waals surface area contributed by atoms with Gasteiger partial charge in [-0.3, -0.25) is 9.10 Å². The Balaban J connectivity index is 1.78. The number of furan rings is 1. The van der Waals surface area contributed by atoms with Crippen LogP contribution in [-0.2, 0) is 10.0 Å². The molecule has 0 unspecified atom stereocenters.